The lowest BCUT2D eigenvalue weighted by atomic mass is 10.1. The molecule has 1 aromatic heterocycles. The summed E-state index contributed by atoms with van der Waals surface area (Å²) in [7, 11) is 0. The number of benzene rings is 1. The molecule has 2 nitrogen and oxygen atoms in total. The lowest BCUT2D eigenvalue weighted by Gasteiger charge is -2.16. The molecule has 114 valence electrons. The van der Waals surface area contributed by atoms with E-state index in [2.05, 4.69) is 82.4 Å². The van der Waals surface area contributed by atoms with E-state index in [0.29, 0.717) is 6.04 Å². The maximum Gasteiger partial charge on any atom is 0.0481 e. The summed E-state index contributed by atoms with van der Waals surface area (Å²) < 4.78 is 3.44. The maximum absolute atomic E-state index is 3.65. The lowest BCUT2D eigenvalue weighted by Crippen LogP contribution is -2.21. The number of nitrogens with one attached hydrogen (secondary N) is 1. The van der Waals surface area contributed by atoms with E-state index < -0.39 is 0 Å². The van der Waals surface area contributed by atoms with Crippen molar-refractivity contribution in [3.63, 3.8) is 0 Å². The van der Waals surface area contributed by atoms with Crippen molar-refractivity contribution in [1.29, 1.82) is 0 Å². The highest BCUT2D eigenvalue weighted by Crippen LogP contribution is 2.21. The van der Waals surface area contributed by atoms with Crippen LogP contribution < -0.4 is 5.32 Å². The van der Waals surface area contributed by atoms with Crippen LogP contribution in [-0.4, -0.2) is 11.1 Å². The molecule has 0 aliphatic carbocycles. The monoisotopic (exact) mass is 348 g/mol. The van der Waals surface area contributed by atoms with Gasteiger partial charge in [0.15, 0.2) is 0 Å². The fourth-order valence-electron chi connectivity index (χ4n) is 2.58. The first-order valence-corrected chi connectivity index (χ1v) is 8.66. The molecule has 3 heteroatoms. The number of hydrogen-bond donors (Lipinski definition) is 1. The number of nitrogens with zero attached hydrogens (tertiary/aromatic N) is 1. The van der Waals surface area contributed by atoms with Gasteiger partial charge >= 0.3 is 0 Å². The minimum Gasteiger partial charge on any atom is -0.350 e. The van der Waals surface area contributed by atoms with Crippen LogP contribution in [0.1, 0.15) is 50.3 Å². The lowest BCUT2D eigenvalue weighted by molar-refractivity contribution is 0.493. The van der Waals surface area contributed by atoms with Gasteiger partial charge in [-0.05, 0) is 42.6 Å². The van der Waals surface area contributed by atoms with Gasteiger partial charge in [-0.25, -0.2) is 0 Å². The molecule has 1 aromatic carbocycles. The summed E-state index contributed by atoms with van der Waals surface area (Å²) in [5.41, 5.74) is 2.71. The number of halogens is 1. The SMILES string of the molecule is CCCNC(CCC)c1ccn(Cc2ccccc2Br)c1. The van der Waals surface area contributed by atoms with Crippen LogP contribution in [0.5, 0.6) is 0 Å². The van der Waals surface area contributed by atoms with Crippen LogP contribution >= 0.6 is 15.9 Å². The fraction of sp³-hybridized carbons (Fsp3) is 0.444. The summed E-state index contributed by atoms with van der Waals surface area (Å²) in [6.07, 6.45) is 8.04. The molecular formula is C18H25BrN2. The van der Waals surface area contributed by atoms with Gasteiger partial charge < -0.3 is 9.88 Å². The Bertz CT molecular complexity index is 548. The van der Waals surface area contributed by atoms with Crippen LogP contribution in [0, 0.1) is 0 Å². The van der Waals surface area contributed by atoms with Crippen molar-refractivity contribution in [2.75, 3.05) is 6.54 Å². The Morgan fingerprint density at radius 1 is 1.14 bits per heavy atom. The van der Waals surface area contributed by atoms with Crippen LogP contribution in [0.2, 0.25) is 0 Å². The van der Waals surface area contributed by atoms with Gasteiger partial charge in [-0.2, -0.15) is 0 Å². The second-order valence-corrected chi connectivity index (χ2v) is 6.36. The van der Waals surface area contributed by atoms with Gasteiger partial charge in [0.05, 0.1) is 0 Å². The Morgan fingerprint density at radius 3 is 2.67 bits per heavy atom. The second kappa shape index (κ2) is 8.40. The van der Waals surface area contributed by atoms with Gasteiger partial charge in [-0.15, -0.1) is 0 Å². The van der Waals surface area contributed by atoms with Gasteiger partial charge in [0.1, 0.15) is 0 Å². The summed E-state index contributed by atoms with van der Waals surface area (Å²) >= 11 is 3.62. The van der Waals surface area contributed by atoms with Crippen LogP contribution in [0.3, 0.4) is 0 Å². The molecule has 1 N–H and O–H groups in total. The Balaban J connectivity index is 2.07. The molecule has 21 heavy (non-hydrogen) atoms. The van der Waals surface area contributed by atoms with Gasteiger partial charge in [-0.1, -0.05) is 54.4 Å². The molecule has 0 bridgehead atoms. The molecule has 0 fully saturated rings. The molecule has 1 heterocycles. The van der Waals surface area contributed by atoms with Crippen molar-refractivity contribution in [3.05, 3.63) is 58.3 Å². The normalized spacial score (nSPS) is 12.5. The predicted octanol–water partition coefficient (Wildman–Crippen LogP) is 5.14. The topological polar surface area (TPSA) is 17.0 Å². The quantitative estimate of drug-likeness (QED) is 0.698. The molecule has 2 rings (SSSR count). The Morgan fingerprint density at radius 2 is 1.95 bits per heavy atom. The number of aromatic nitrogens is 1. The summed E-state index contributed by atoms with van der Waals surface area (Å²) in [6.45, 7) is 6.46. The molecule has 1 atom stereocenters. The van der Waals surface area contributed by atoms with Crippen molar-refractivity contribution in [2.24, 2.45) is 0 Å². The zero-order valence-electron chi connectivity index (χ0n) is 13.0. The van der Waals surface area contributed by atoms with E-state index in [-0.39, 0.29) is 0 Å². The van der Waals surface area contributed by atoms with Gasteiger partial charge in [-0.3, -0.25) is 0 Å². The molecule has 2 aromatic rings. The standard InChI is InChI=1S/C18H25BrN2/c1-3-7-18(20-11-4-2)16-10-12-21(14-16)13-15-8-5-6-9-17(15)19/h5-6,8-10,12,14,18,20H,3-4,7,11,13H2,1-2H3. The van der Waals surface area contributed by atoms with Crippen molar-refractivity contribution in [2.45, 2.75) is 45.7 Å². The molecule has 0 aliphatic rings. The zero-order valence-corrected chi connectivity index (χ0v) is 14.6. The summed E-state index contributed by atoms with van der Waals surface area (Å²) in [6, 6.07) is 11.1. The number of hydrogen-bond acceptors (Lipinski definition) is 1. The molecule has 0 saturated carbocycles. The third-order valence-corrected chi connectivity index (χ3v) is 4.48. The largest absolute Gasteiger partial charge is 0.350 e. The van der Waals surface area contributed by atoms with Crippen molar-refractivity contribution >= 4 is 15.9 Å². The highest BCUT2D eigenvalue weighted by molar-refractivity contribution is 9.10. The molecule has 0 radical (unpaired) electrons. The molecule has 1 unspecified atom stereocenters. The third-order valence-electron chi connectivity index (χ3n) is 3.70. The van der Waals surface area contributed by atoms with Crippen LogP contribution in [-0.2, 0) is 6.54 Å². The highest BCUT2D eigenvalue weighted by Gasteiger charge is 2.11. The predicted molar refractivity (Wildman–Crippen MR) is 93.6 cm³/mol. The molecular weight excluding hydrogens is 324 g/mol. The molecule has 0 spiro atoms. The van der Waals surface area contributed by atoms with Crippen molar-refractivity contribution < 1.29 is 0 Å². The van der Waals surface area contributed by atoms with Gasteiger partial charge in [0.25, 0.3) is 0 Å². The first-order chi connectivity index (χ1) is 10.2. The van der Waals surface area contributed by atoms with Crippen LogP contribution in [0.4, 0.5) is 0 Å². The minimum atomic E-state index is 0.482. The fourth-order valence-corrected chi connectivity index (χ4v) is 2.99. The molecule has 0 amide bonds. The van der Waals surface area contributed by atoms with E-state index in [0.717, 1.165) is 13.1 Å². The van der Waals surface area contributed by atoms with E-state index in [1.165, 1.54) is 34.9 Å². The van der Waals surface area contributed by atoms with Gasteiger partial charge in [0, 0.05) is 29.5 Å². The van der Waals surface area contributed by atoms with Crippen molar-refractivity contribution in [1.82, 2.24) is 9.88 Å². The van der Waals surface area contributed by atoms with E-state index in [4.69, 9.17) is 0 Å². The Labute approximate surface area is 136 Å². The number of rotatable bonds is 8. The third kappa shape index (κ3) is 4.72. The minimum absolute atomic E-state index is 0.482. The van der Waals surface area contributed by atoms with E-state index >= 15 is 0 Å². The maximum atomic E-state index is 3.65. The Kier molecular flexibility index (Phi) is 6.52. The average molecular weight is 349 g/mol. The van der Waals surface area contributed by atoms with E-state index in [9.17, 15) is 0 Å². The van der Waals surface area contributed by atoms with Crippen LogP contribution in [0.15, 0.2) is 47.2 Å². The first-order valence-electron chi connectivity index (χ1n) is 7.87. The smallest absolute Gasteiger partial charge is 0.0481 e. The summed E-state index contributed by atoms with van der Waals surface area (Å²) in [5, 5.41) is 3.65. The second-order valence-electron chi connectivity index (χ2n) is 5.50. The van der Waals surface area contributed by atoms with E-state index in [1.54, 1.807) is 0 Å². The van der Waals surface area contributed by atoms with E-state index in [1.807, 2.05) is 0 Å². The highest BCUT2D eigenvalue weighted by atomic mass is 79.9. The molecule has 0 saturated heterocycles. The zero-order chi connectivity index (χ0) is 15.1. The summed E-state index contributed by atoms with van der Waals surface area (Å²) in [5.74, 6) is 0. The summed E-state index contributed by atoms with van der Waals surface area (Å²) in [4.78, 5) is 0. The first kappa shape index (κ1) is 16.3. The Hall–Kier alpha value is -1.06. The van der Waals surface area contributed by atoms with Crippen LogP contribution in [0.25, 0.3) is 0 Å². The average Bonchev–Trinajstić information content (AvgIpc) is 2.94. The molecule has 0 aliphatic heterocycles. The van der Waals surface area contributed by atoms with Crippen molar-refractivity contribution in [3.8, 4) is 0 Å². The van der Waals surface area contributed by atoms with Gasteiger partial charge in [0.2, 0.25) is 0 Å².